The Morgan fingerprint density at radius 1 is 1.50 bits per heavy atom. The van der Waals surface area contributed by atoms with Gasteiger partial charge in [-0.1, -0.05) is 0 Å². The third kappa shape index (κ3) is 3.48. The molecule has 2 heterocycles. The van der Waals surface area contributed by atoms with Crippen molar-refractivity contribution in [2.24, 2.45) is 7.05 Å². The maximum Gasteiger partial charge on any atom is 0.306 e. The second-order valence-electron chi connectivity index (χ2n) is 5.32. The summed E-state index contributed by atoms with van der Waals surface area (Å²) in [6.45, 7) is 3.20. The predicted molar refractivity (Wildman–Crippen MR) is 83.6 cm³/mol. The van der Waals surface area contributed by atoms with E-state index in [1.54, 1.807) is 31.8 Å². The Morgan fingerprint density at radius 2 is 2.21 bits per heavy atom. The van der Waals surface area contributed by atoms with Crippen LogP contribution in [0.1, 0.15) is 42.0 Å². The molecule has 0 fully saturated rings. The molecule has 0 saturated heterocycles. The van der Waals surface area contributed by atoms with E-state index in [1.165, 1.54) is 0 Å². The van der Waals surface area contributed by atoms with Crippen molar-refractivity contribution in [3.63, 3.8) is 0 Å². The second-order valence-corrected chi connectivity index (χ2v) is 5.32. The summed E-state index contributed by atoms with van der Waals surface area (Å²) < 4.78 is 12.0. The maximum atomic E-state index is 12.0. The van der Waals surface area contributed by atoms with E-state index in [0.717, 1.165) is 11.8 Å². The molecule has 1 atom stereocenters. The molecule has 0 saturated carbocycles. The van der Waals surface area contributed by atoms with Gasteiger partial charge < -0.3 is 19.4 Å². The summed E-state index contributed by atoms with van der Waals surface area (Å²) in [5.74, 6) is -1.93. The number of carbonyl (C=O) groups is 1. The molecule has 0 aliphatic heterocycles. The van der Waals surface area contributed by atoms with Gasteiger partial charge in [-0.25, -0.2) is 0 Å². The van der Waals surface area contributed by atoms with Gasteiger partial charge in [-0.15, -0.1) is 0 Å². The zero-order valence-electron chi connectivity index (χ0n) is 13.8. The van der Waals surface area contributed by atoms with Crippen molar-refractivity contribution >= 4 is 5.97 Å². The molecule has 8 heteroatoms. The fourth-order valence-corrected chi connectivity index (χ4v) is 2.46. The largest absolute Gasteiger partial charge is 0.502 e. The van der Waals surface area contributed by atoms with Gasteiger partial charge in [-0.05, 0) is 13.8 Å². The van der Waals surface area contributed by atoms with Crippen LogP contribution in [0.2, 0.25) is 0 Å². The summed E-state index contributed by atoms with van der Waals surface area (Å²) in [7, 11) is 1.74. The summed E-state index contributed by atoms with van der Waals surface area (Å²) >= 11 is 0. The highest BCUT2D eigenvalue weighted by atomic mass is 16.5. The van der Waals surface area contributed by atoms with E-state index >= 15 is 0 Å². The van der Waals surface area contributed by atoms with Gasteiger partial charge in [0.15, 0.2) is 5.76 Å². The van der Waals surface area contributed by atoms with E-state index in [4.69, 9.17) is 9.15 Å². The number of nitrogens with zero attached hydrogens (tertiary/aromatic N) is 2. The Labute approximate surface area is 138 Å². The quantitative estimate of drug-likeness (QED) is 0.755. The minimum absolute atomic E-state index is 0.00297. The molecular weight excluding hydrogens is 316 g/mol. The maximum absolute atomic E-state index is 12.0. The summed E-state index contributed by atoms with van der Waals surface area (Å²) in [4.78, 5) is 23.9. The van der Waals surface area contributed by atoms with E-state index in [2.05, 4.69) is 5.10 Å². The van der Waals surface area contributed by atoms with Crippen LogP contribution < -0.4 is 5.43 Å². The first kappa shape index (κ1) is 17.7. The van der Waals surface area contributed by atoms with Crippen molar-refractivity contribution in [3.8, 4) is 5.75 Å². The fourth-order valence-electron chi connectivity index (χ4n) is 2.46. The average Bonchev–Trinajstić information content (AvgIpc) is 2.87. The molecule has 0 amide bonds. The topological polar surface area (TPSA) is 115 Å². The molecule has 0 aromatic carbocycles. The van der Waals surface area contributed by atoms with E-state index in [-0.39, 0.29) is 24.5 Å². The van der Waals surface area contributed by atoms with Crippen LogP contribution in [-0.4, -0.2) is 32.6 Å². The zero-order chi connectivity index (χ0) is 17.9. The summed E-state index contributed by atoms with van der Waals surface area (Å²) in [6, 6.07) is 1.01. The molecule has 0 radical (unpaired) electrons. The van der Waals surface area contributed by atoms with Gasteiger partial charge in [-0.3, -0.25) is 14.3 Å². The van der Waals surface area contributed by atoms with Crippen LogP contribution in [0.25, 0.3) is 0 Å². The Morgan fingerprint density at radius 3 is 2.75 bits per heavy atom. The normalized spacial score (nSPS) is 12.2. The van der Waals surface area contributed by atoms with Crippen molar-refractivity contribution in [2.75, 3.05) is 6.61 Å². The average molecular weight is 336 g/mol. The summed E-state index contributed by atoms with van der Waals surface area (Å²) in [5.41, 5.74) is 0.690. The molecule has 2 aromatic heterocycles. The number of aromatic nitrogens is 2. The molecular formula is C16H20N2O6. The first-order valence-corrected chi connectivity index (χ1v) is 7.49. The lowest BCUT2D eigenvalue weighted by Gasteiger charge is -2.17. The number of hydrogen-bond donors (Lipinski definition) is 2. The summed E-state index contributed by atoms with van der Waals surface area (Å²) in [5, 5.41) is 23.5. The molecule has 0 spiro atoms. The fraction of sp³-hybridized carbons (Fsp3) is 0.438. The monoisotopic (exact) mass is 336 g/mol. The minimum atomic E-state index is -0.753. The summed E-state index contributed by atoms with van der Waals surface area (Å²) in [6.07, 6.45) is 1.41. The van der Waals surface area contributed by atoms with Gasteiger partial charge in [0.2, 0.25) is 11.2 Å². The van der Waals surface area contributed by atoms with Crippen molar-refractivity contribution < 1.29 is 24.2 Å². The Balaban J connectivity index is 2.58. The van der Waals surface area contributed by atoms with Crippen molar-refractivity contribution in [1.29, 1.82) is 0 Å². The highest BCUT2D eigenvalue weighted by molar-refractivity contribution is 5.71. The molecule has 0 unspecified atom stereocenters. The van der Waals surface area contributed by atoms with E-state index in [1.807, 2.05) is 0 Å². The first-order chi connectivity index (χ1) is 11.4. The van der Waals surface area contributed by atoms with Crippen LogP contribution >= 0.6 is 0 Å². The number of aryl methyl sites for hydroxylation is 1. The van der Waals surface area contributed by atoms with Gasteiger partial charge in [-0.2, -0.15) is 5.10 Å². The molecule has 0 aliphatic carbocycles. The lowest BCUT2D eigenvalue weighted by molar-refractivity contribution is -0.143. The van der Waals surface area contributed by atoms with Crippen molar-refractivity contribution in [3.05, 3.63) is 45.3 Å². The molecule has 0 bridgehead atoms. The molecule has 0 aliphatic rings. The van der Waals surface area contributed by atoms with Gasteiger partial charge >= 0.3 is 5.97 Å². The van der Waals surface area contributed by atoms with Crippen LogP contribution in [0.3, 0.4) is 0 Å². The number of esters is 1. The third-order valence-electron chi connectivity index (χ3n) is 3.80. The molecule has 2 rings (SSSR count). The predicted octanol–water partition coefficient (Wildman–Crippen LogP) is 0.965. The molecule has 24 heavy (non-hydrogen) atoms. The van der Waals surface area contributed by atoms with E-state index in [9.17, 15) is 19.8 Å². The Bertz CT molecular complexity index is 792. The number of aliphatic hydroxyl groups is 1. The second kappa shape index (κ2) is 7.31. The Kier molecular flexibility index (Phi) is 5.40. The molecule has 2 N–H and O–H groups in total. The minimum Gasteiger partial charge on any atom is -0.502 e. The smallest absolute Gasteiger partial charge is 0.306 e. The lowest BCUT2D eigenvalue weighted by Crippen LogP contribution is -2.15. The van der Waals surface area contributed by atoms with E-state index < -0.39 is 29.7 Å². The number of rotatable bonds is 6. The van der Waals surface area contributed by atoms with Crippen LogP contribution in [0.5, 0.6) is 5.75 Å². The number of ether oxygens (including phenoxy) is 1. The van der Waals surface area contributed by atoms with E-state index in [0.29, 0.717) is 5.56 Å². The number of aliphatic hydroxyl groups excluding tert-OH is 1. The van der Waals surface area contributed by atoms with Crippen LogP contribution in [0.15, 0.2) is 21.5 Å². The molecule has 130 valence electrons. The van der Waals surface area contributed by atoms with Gasteiger partial charge in [0.1, 0.15) is 12.4 Å². The SMILES string of the molecule is CCOC(=O)C[C@H](c1cnn(C)c1C)c1oc(CO)cc(=O)c1O. The van der Waals surface area contributed by atoms with Crippen molar-refractivity contribution in [1.82, 2.24) is 9.78 Å². The number of hydrogen-bond acceptors (Lipinski definition) is 7. The van der Waals surface area contributed by atoms with Gasteiger partial charge in [0.05, 0.1) is 25.1 Å². The van der Waals surface area contributed by atoms with Crippen LogP contribution in [0, 0.1) is 6.92 Å². The van der Waals surface area contributed by atoms with Crippen molar-refractivity contribution in [2.45, 2.75) is 32.8 Å². The zero-order valence-corrected chi connectivity index (χ0v) is 13.8. The van der Waals surface area contributed by atoms with Gasteiger partial charge in [0, 0.05) is 24.4 Å². The van der Waals surface area contributed by atoms with Crippen LogP contribution in [0.4, 0.5) is 0 Å². The third-order valence-corrected chi connectivity index (χ3v) is 3.80. The molecule has 8 nitrogen and oxygen atoms in total. The lowest BCUT2D eigenvalue weighted by atomic mass is 9.92. The number of aromatic hydroxyl groups is 1. The van der Waals surface area contributed by atoms with Crippen LogP contribution in [-0.2, 0) is 23.2 Å². The first-order valence-electron chi connectivity index (χ1n) is 7.49. The standard InChI is InChI=1S/C16H20N2O6/c1-4-23-14(21)6-11(12-7-17-18(3)9(12)2)16-15(22)13(20)5-10(8-19)24-16/h5,7,11,19,22H,4,6,8H2,1-3H3/t11-/m1/s1. The highest BCUT2D eigenvalue weighted by Crippen LogP contribution is 2.34. The Hall–Kier alpha value is -2.61. The molecule has 2 aromatic rings. The highest BCUT2D eigenvalue weighted by Gasteiger charge is 2.29. The van der Waals surface area contributed by atoms with Gasteiger partial charge in [0.25, 0.3) is 0 Å². The number of carbonyl (C=O) groups excluding carboxylic acids is 1.